The van der Waals surface area contributed by atoms with E-state index in [1.165, 1.54) is 30.7 Å². The molecule has 1 aromatic rings. The van der Waals surface area contributed by atoms with Crippen molar-refractivity contribution in [2.24, 2.45) is 5.92 Å². The minimum atomic E-state index is 0.711. The molecule has 3 heteroatoms. The third-order valence-corrected chi connectivity index (χ3v) is 3.91. The van der Waals surface area contributed by atoms with E-state index < -0.39 is 0 Å². The Morgan fingerprint density at radius 3 is 2.38 bits per heavy atom. The van der Waals surface area contributed by atoms with Crippen LogP contribution >= 0.6 is 11.3 Å². The van der Waals surface area contributed by atoms with Crippen LogP contribution in [0.1, 0.15) is 48.5 Å². The van der Waals surface area contributed by atoms with E-state index >= 15 is 0 Å². The van der Waals surface area contributed by atoms with Gasteiger partial charge in [-0.25, -0.2) is 0 Å². The standard InChI is InChI=1S/C10H16N2S/c1-7-3-5-9(6-4-7)10-12-11-8(2)13-10/h7,9H,3-6H2,1-2H3. The van der Waals surface area contributed by atoms with Crippen molar-refractivity contribution in [3.05, 3.63) is 10.0 Å². The molecule has 0 radical (unpaired) electrons. The molecule has 1 saturated carbocycles. The molecular weight excluding hydrogens is 180 g/mol. The lowest BCUT2D eigenvalue weighted by Gasteiger charge is -2.23. The van der Waals surface area contributed by atoms with Crippen molar-refractivity contribution in [1.82, 2.24) is 10.2 Å². The molecule has 0 bridgehead atoms. The molecule has 72 valence electrons. The molecule has 0 atom stereocenters. The average Bonchev–Trinajstić information content (AvgIpc) is 2.53. The summed E-state index contributed by atoms with van der Waals surface area (Å²) in [5, 5.41) is 10.7. The van der Waals surface area contributed by atoms with Crippen LogP contribution < -0.4 is 0 Å². The van der Waals surface area contributed by atoms with Crippen molar-refractivity contribution in [2.45, 2.75) is 45.4 Å². The molecule has 0 spiro atoms. The van der Waals surface area contributed by atoms with Crippen LogP contribution in [0.3, 0.4) is 0 Å². The van der Waals surface area contributed by atoms with Gasteiger partial charge in [0, 0.05) is 5.92 Å². The summed E-state index contributed by atoms with van der Waals surface area (Å²) in [5.74, 6) is 1.63. The molecule has 2 nitrogen and oxygen atoms in total. The molecule has 0 N–H and O–H groups in total. The Morgan fingerprint density at radius 2 is 1.85 bits per heavy atom. The predicted molar refractivity (Wildman–Crippen MR) is 55.0 cm³/mol. The number of hydrogen-bond acceptors (Lipinski definition) is 3. The second-order valence-corrected chi connectivity index (χ2v) is 5.33. The zero-order chi connectivity index (χ0) is 9.26. The first-order valence-electron chi connectivity index (χ1n) is 5.05. The van der Waals surface area contributed by atoms with Gasteiger partial charge in [-0.2, -0.15) is 0 Å². The van der Waals surface area contributed by atoms with Crippen LogP contribution in [0.15, 0.2) is 0 Å². The summed E-state index contributed by atoms with van der Waals surface area (Å²) in [4.78, 5) is 0. The Bertz CT molecular complexity index is 274. The highest BCUT2D eigenvalue weighted by molar-refractivity contribution is 7.11. The van der Waals surface area contributed by atoms with Gasteiger partial charge in [-0.05, 0) is 25.7 Å². The molecule has 1 aliphatic rings. The normalized spacial score (nSPS) is 29.1. The van der Waals surface area contributed by atoms with Gasteiger partial charge in [0.15, 0.2) is 0 Å². The highest BCUT2D eigenvalue weighted by atomic mass is 32.1. The van der Waals surface area contributed by atoms with Crippen LogP contribution in [0, 0.1) is 12.8 Å². The molecule has 0 unspecified atom stereocenters. The third kappa shape index (κ3) is 2.08. The second-order valence-electron chi connectivity index (χ2n) is 4.12. The molecule has 1 fully saturated rings. The largest absolute Gasteiger partial charge is 0.144 e. The summed E-state index contributed by atoms with van der Waals surface area (Å²) in [6.45, 7) is 4.38. The molecule has 1 heterocycles. The van der Waals surface area contributed by atoms with Gasteiger partial charge in [-0.1, -0.05) is 19.8 Å². The molecule has 0 saturated heterocycles. The van der Waals surface area contributed by atoms with Gasteiger partial charge in [-0.15, -0.1) is 21.5 Å². The Kier molecular flexibility index (Phi) is 2.63. The fourth-order valence-corrected chi connectivity index (χ4v) is 2.85. The Morgan fingerprint density at radius 1 is 1.15 bits per heavy atom. The van der Waals surface area contributed by atoms with E-state index in [9.17, 15) is 0 Å². The zero-order valence-electron chi connectivity index (χ0n) is 8.29. The lowest BCUT2D eigenvalue weighted by atomic mass is 9.83. The topological polar surface area (TPSA) is 25.8 Å². The number of rotatable bonds is 1. The van der Waals surface area contributed by atoms with Gasteiger partial charge in [0.1, 0.15) is 10.0 Å². The van der Waals surface area contributed by atoms with Crippen molar-refractivity contribution in [3.63, 3.8) is 0 Å². The zero-order valence-corrected chi connectivity index (χ0v) is 9.10. The summed E-state index contributed by atoms with van der Waals surface area (Å²) in [6, 6.07) is 0. The van der Waals surface area contributed by atoms with Gasteiger partial charge in [-0.3, -0.25) is 0 Å². The third-order valence-electron chi connectivity index (χ3n) is 2.91. The van der Waals surface area contributed by atoms with E-state index in [0.29, 0.717) is 5.92 Å². The quantitative estimate of drug-likeness (QED) is 0.689. The number of aryl methyl sites for hydroxylation is 1. The number of aromatic nitrogens is 2. The van der Waals surface area contributed by atoms with Crippen LogP contribution in [0.4, 0.5) is 0 Å². The van der Waals surface area contributed by atoms with E-state index in [1.54, 1.807) is 11.3 Å². The van der Waals surface area contributed by atoms with Gasteiger partial charge >= 0.3 is 0 Å². The van der Waals surface area contributed by atoms with Crippen molar-refractivity contribution >= 4 is 11.3 Å². The van der Waals surface area contributed by atoms with Crippen LogP contribution in [0.5, 0.6) is 0 Å². The molecule has 13 heavy (non-hydrogen) atoms. The first-order chi connectivity index (χ1) is 6.25. The van der Waals surface area contributed by atoms with Gasteiger partial charge in [0.25, 0.3) is 0 Å². The van der Waals surface area contributed by atoms with Gasteiger partial charge in [0.05, 0.1) is 0 Å². The average molecular weight is 196 g/mol. The summed E-state index contributed by atoms with van der Waals surface area (Å²) in [6.07, 6.45) is 5.36. The van der Waals surface area contributed by atoms with Gasteiger partial charge < -0.3 is 0 Å². The van der Waals surface area contributed by atoms with Crippen LogP contribution in [-0.2, 0) is 0 Å². The first kappa shape index (κ1) is 9.13. The van der Waals surface area contributed by atoms with Gasteiger partial charge in [0.2, 0.25) is 0 Å². The first-order valence-corrected chi connectivity index (χ1v) is 5.87. The highest BCUT2D eigenvalue weighted by Crippen LogP contribution is 2.36. The fraction of sp³-hybridized carbons (Fsp3) is 0.800. The Hall–Kier alpha value is -0.440. The number of nitrogens with zero attached hydrogens (tertiary/aromatic N) is 2. The monoisotopic (exact) mass is 196 g/mol. The maximum atomic E-state index is 4.23. The van der Waals surface area contributed by atoms with Crippen LogP contribution in [0.2, 0.25) is 0 Å². The highest BCUT2D eigenvalue weighted by Gasteiger charge is 2.22. The fourth-order valence-electron chi connectivity index (χ4n) is 1.98. The van der Waals surface area contributed by atoms with E-state index in [0.717, 1.165) is 10.9 Å². The van der Waals surface area contributed by atoms with Crippen molar-refractivity contribution in [1.29, 1.82) is 0 Å². The van der Waals surface area contributed by atoms with Crippen molar-refractivity contribution in [2.75, 3.05) is 0 Å². The maximum absolute atomic E-state index is 4.23. The Balaban J connectivity index is 2.02. The molecule has 0 aromatic carbocycles. The van der Waals surface area contributed by atoms with Crippen LogP contribution in [0.25, 0.3) is 0 Å². The predicted octanol–water partition coefficient (Wildman–Crippen LogP) is 3.14. The second kappa shape index (κ2) is 3.74. The molecular formula is C10H16N2S. The minimum absolute atomic E-state index is 0.711. The SMILES string of the molecule is Cc1nnc(C2CCC(C)CC2)s1. The molecule has 0 amide bonds. The van der Waals surface area contributed by atoms with E-state index in [2.05, 4.69) is 17.1 Å². The van der Waals surface area contributed by atoms with E-state index in [1.807, 2.05) is 6.92 Å². The minimum Gasteiger partial charge on any atom is -0.144 e. The molecule has 2 rings (SSSR count). The van der Waals surface area contributed by atoms with Crippen molar-refractivity contribution < 1.29 is 0 Å². The summed E-state index contributed by atoms with van der Waals surface area (Å²) >= 11 is 1.77. The lowest BCUT2D eigenvalue weighted by Crippen LogP contribution is -2.10. The summed E-state index contributed by atoms with van der Waals surface area (Å²) in [5.41, 5.74) is 0. The lowest BCUT2D eigenvalue weighted by molar-refractivity contribution is 0.346. The molecule has 1 aromatic heterocycles. The molecule has 0 aliphatic heterocycles. The summed E-state index contributed by atoms with van der Waals surface area (Å²) in [7, 11) is 0. The van der Waals surface area contributed by atoms with E-state index in [4.69, 9.17) is 0 Å². The number of hydrogen-bond donors (Lipinski definition) is 0. The maximum Gasteiger partial charge on any atom is 0.120 e. The molecule has 1 aliphatic carbocycles. The van der Waals surface area contributed by atoms with E-state index in [-0.39, 0.29) is 0 Å². The smallest absolute Gasteiger partial charge is 0.120 e. The Labute approximate surface area is 83.4 Å². The van der Waals surface area contributed by atoms with Crippen LogP contribution in [-0.4, -0.2) is 10.2 Å². The summed E-state index contributed by atoms with van der Waals surface area (Å²) < 4.78 is 0. The van der Waals surface area contributed by atoms with Crippen molar-refractivity contribution in [3.8, 4) is 0 Å².